The second kappa shape index (κ2) is 4.86. The predicted octanol–water partition coefficient (Wildman–Crippen LogP) is 2.12. The van der Waals surface area contributed by atoms with Crippen molar-refractivity contribution in [2.24, 2.45) is 5.92 Å². The molecule has 1 amide bonds. The van der Waals surface area contributed by atoms with E-state index in [4.69, 9.17) is 21.8 Å². The Bertz CT molecular complexity index is 473. The van der Waals surface area contributed by atoms with Gasteiger partial charge < -0.3 is 15.1 Å². The highest BCUT2D eigenvalue weighted by molar-refractivity contribution is 6.30. The van der Waals surface area contributed by atoms with Gasteiger partial charge in [0.15, 0.2) is 0 Å². The van der Waals surface area contributed by atoms with Crippen molar-refractivity contribution in [1.29, 1.82) is 0 Å². The Balaban J connectivity index is 2.27. The van der Waals surface area contributed by atoms with E-state index in [9.17, 15) is 9.59 Å². The van der Waals surface area contributed by atoms with E-state index in [1.165, 1.54) is 0 Å². The minimum absolute atomic E-state index is 0.0258. The zero-order valence-electron chi connectivity index (χ0n) is 9.41. The molecule has 0 radical (unpaired) electrons. The average Bonchev–Trinajstić information content (AvgIpc) is 2.75. The molecule has 5 nitrogen and oxygen atoms in total. The molecule has 2 atom stereocenters. The van der Waals surface area contributed by atoms with Crippen LogP contribution in [0.15, 0.2) is 24.3 Å². The standard InChI is InChI=1S/C12H12ClNO4/c13-8-3-1-7(2-4-8)9-5-14(12(17)18)6-10(9)11(15)16/h1-4,9-10H,5-6H2,(H,15,16)(H,17,18). The molecule has 1 aliphatic heterocycles. The number of carbonyl (C=O) groups is 2. The van der Waals surface area contributed by atoms with Crippen molar-refractivity contribution in [3.05, 3.63) is 34.9 Å². The van der Waals surface area contributed by atoms with Gasteiger partial charge in [0.25, 0.3) is 0 Å². The monoisotopic (exact) mass is 269 g/mol. The molecule has 2 rings (SSSR count). The van der Waals surface area contributed by atoms with Gasteiger partial charge in [-0.1, -0.05) is 23.7 Å². The molecule has 0 saturated carbocycles. The second-order valence-electron chi connectivity index (χ2n) is 4.29. The zero-order valence-corrected chi connectivity index (χ0v) is 10.2. The Morgan fingerprint density at radius 1 is 1.17 bits per heavy atom. The van der Waals surface area contributed by atoms with Crippen LogP contribution < -0.4 is 0 Å². The number of nitrogens with zero attached hydrogens (tertiary/aromatic N) is 1. The van der Waals surface area contributed by atoms with Crippen molar-refractivity contribution < 1.29 is 19.8 Å². The Kier molecular flexibility index (Phi) is 3.43. The summed E-state index contributed by atoms with van der Waals surface area (Å²) in [5, 5.41) is 18.7. The minimum atomic E-state index is -1.09. The smallest absolute Gasteiger partial charge is 0.407 e. The van der Waals surface area contributed by atoms with E-state index in [1.807, 2.05) is 0 Å². The van der Waals surface area contributed by atoms with Gasteiger partial charge in [-0.15, -0.1) is 0 Å². The number of halogens is 1. The molecule has 96 valence electrons. The van der Waals surface area contributed by atoms with Crippen LogP contribution in [0, 0.1) is 5.92 Å². The van der Waals surface area contributed by atoms with Crippen LogP contribution in [0.2, 0.25) is 5.02 Å². The first kappa shape index (κ1) is 12.7. The highest BCUT2D eigenvalue weighted by Gasteiger charge is 2.40. The first-order valence-corrected chi connectivity index (χ1v) is 5.83. The topological polar surface area (TPSA) is 77.8 Å². The van der Waals surface area contributed by atoms with Crippen molar-refractivity contribution in [3.63, 3.8) is 0 Å². The van der Waals surface area contributed by atoms with Crippen LogP contribution >= 0.6 is 11.6 Å². The Hall–Kier alpha value is -1.75. The number of rotatable bonds is 2. The molecule has 6 heteroatoms. The molecule has 0 aliphatic carbocycles. The van der Waals surface area contributed by atoms with Crippen LogP contribution in [0.4, 0.5) is 4.79 Å². The first-order valence-electron chi connectivity index (χ1n) is 5.45. The average molecular weight is 270 g/mol. The van der Waals surface area contributed by atoms with E-state index in [0.717, 1.165) is 10.5 Å². The minimum Gasteiger partial charge on any atom is -0.481 e. The van der Waals surface area contributed by atoms with Gasteiger partial charge in [-0.25, -0.2) is 4.79 Å². The lowest BCUT2D eigenvalue weighted by atomic mass is 9.89. The maximum Gasteiger partial charge on any atom is 0.407 e. The van der Waals surface area contributed by atoms with Gasteiger partial charge in [-0.3, -0.25) is 4.79 Å². The van der Waals surface area contributed by atoms with Gasteiger partial charge in [0.1, 0.15) is 0 Å². The number of aliphatic carboxylic acids is 1. The van der Waals surface area contributed by atoms with Crippen LogP contribution in [0.3, 0.4) is 0 Å². The lowest BCUT2D eigenvalue weighted by Gasteiger charge is -2.14. The van der Waals surface area contributed by atoms with Crippen molar-refractivity contribution in [3.8, 4) is 0 Å². The molecule has 2 unspecified atom stereocenters. The van der Waals surface area contributed by atoms with Crippen molar-refractivity contribution in [2.45, 2.75) is 5.92 Å². The molecule has 1 saturated heterocycles. The molecular weight excluding hydrogens is 258 g/mol. The SMILES string of the molecule is O=C(O)C1CN(C(=O)O)CC1c1ccc(Cl)cc1. The van der Waals surface area contributed by atoms with E-state index < -0.39 is 18.0 Å². The van der Waals surface area contributed by atoms with E-state index in [-0.39, 0.29) is 19.0 Å². The Labute approximate surface area is 109 Å². The highest BCUT2D eigenvalue weighted by Crippen LogP contribution is 2.33. The second-order valence-corrected chi connectivity index (χ2v) is 4.73. The molecule has 1 fully saturated rings. The summed E-state index contributed by atoms with van der Waals surface area (Å²) in [7, 11) is 0. The van der Waals surface area contributed by atoms with Gasteiger partial charge in [0.05, 0.1) is 5.92 Å². The third kappa shape index (κ3) is 2.41. The summed E-state index contributed by atoms with van der Waals surface area (Å²) in [6.07, 6.45) is -1.09. The van der Waals surface area contributed by atoms with Crippen molar-refractivity contribution >= 4 is 23.7 Å². The van der Waals surface area contributed by atoms with E-state index in [2.05, 4.69) is 0 Å². The van der Waals surface area contributed by atoms with Gasteiger partial charge in [-0.2, -0.15) is 0 Å². The third-order valence-corrected chi connectivity index (χ3v) is 3.46. The molecule has 2 N–H and O–H groups in total. The summed E-state index contributed by atoms with van der Waals surface area (Å²) in [5.41, 5.74) is 0.801. The summed E-state index contributed by atoms with van der Waals surface area (Å²) in [5.74, 6) is -2.00. The Morgan fingerprint density at radius 2 is 1.78 bits per heavy atom. The lowest BCUT2D eigenvalue weighted by molar-refractivity contribution is -0.141. The first-order chi connectivity index (χ1) is 8.49. The largest absolute Gasteiger partial charge is 0.481 e. The van der Waals surface area contributed by atoms with Gasteiger partial charge in [-0.05, 0) is 17.7 Å². The number of likely N-dealkylation sites (tertiary alicyclic amines) is 1. The van der Waals surface area contributed by atoms with Gasteiger partial charge in [0.2, 0.25) is 0 Å². The summed E-state index contributed by atoms with van der Waals surface area (Å²) >= 11 is 5.78. The summed E-state index contributed by atoms with van der Waals surface area (Å²) in [6.45, 7) is 0.228. The van der Waals surface area contributed by atoms with Crippen LogP contribution in [-0.2, 0) is 4.79 Å². The molecule has 18 heavy (non-hydrogen) atoms. The molecule has 0 bridgehead atoms. The van der Waals surface area contributed by atoms with Crippen LogP contribution in [0.5, 0.6) is 0 Å². The molecule has 0 spiro atoms. The van der Waals surface area contributed by atoms with Crippen molar-refractivity contribution in [2.75, 3.05) is 13.1 Å². The number of carboxylic acids is 1. The van der Waals surface area contributed by atoms with Crippen LogP contribution in [0.1, 0.15) is 11.5 Å². The molecule has 1 aromatic carbocycles. The van der Waals surface area contributed by atoms with E-state index >= 15 is 0 Å². The molecule has 1 heterocycles. The number of carboxylic acid groups (broad SMARTS) is 2. The zero-order chi connectivity index (χ0) is 13.3. The summed E-state index contributed by atoms with van der Waals surface area (Å²) in [4.78, 5) is 23.2. The number of amides is 1. The predicted molar refractivity (Wildman–Crippen MR) is 64.9 cm³/mol. The molecular formula is C12H12ClNO4. The van der Waals surface area contributed by atoms with Gasteiger partial charge >= 0.3 is 12.1 Å². The fraction of sp³-hybridized carbons (Fsp3) is 0.333. The fourth-order valence-electron chi connectivity index (χ4n) is 2.26. The normalized spacial score (nSPS) is 23.1. The Morgan fingerprint density at radius 3 is 2.28 bits per heavy atom. The van der Waals surface area contributed by atoms with Gasteiger partial charge in [0, 0.05) is 24.0 Å². The molecule has 1 aromatic rings. The molecule has 0 aromatic heterocycles. The molecule has 1 aliphatic rings. The van der Waals surface area contributed by atoms with Crippen LogP contribution in [-0.4, -0.2) is 40.3 Å². The maximum atomic E-state index is 11.2. The number of benzene rings is 1. The maximum absolute atomic E-state index is 11.2. The van der Waals surface area contributed by atoms with Crippen molar-refractivity contribution in [1.82, 2.24) is 4.90 Å². The fourth-order valence-corrected chi connectivity index (χ4v) is 2.38. The quantitative estimate of drug-likeness (QED) is 0.862. The third-order valence-electron chi connectivity index (χ3n) is 3.21. The summed E-state index contributed by atoms with van der Waals surface area (Å²) < 4.78 is 0. The lowest BCUT2D eigenvalue weighted by Crippen LogP contribution is -2.28. The number of hydrogen-bond donors (Lipinski definition) is 2. The highest BCUT2D eigenvalue weighted by atomic mass is 35.5. The number of hydrogen-bond acceptors (Lipinski definition) is 2. The van der Waals surface area contributed by atoms with Crippen LogP contribution in [0.25, 0.3) is 0 Å². The van der Waals surface area contributed by atoms with E-state index in [0.29, 0.717) is 5.02 Å². The van der Waals surface area contributed by atoms with E-state index in [1.54, 1.807) is 24.3 Å². The summed E-state index contributed by atoms with van der Waals surface area (Å²) in [6, 6.07) is 6.85.